The lowest BCUT2D eigenvalue weighted by molar-refractivity contribution is 0.175. The number of aliphatic hydroxyl groups is 1. The molecule has 1 unspecified atom stereocenters. The second kappa shape index (κ2) is 6.65. The fourth-order valence-corrected chi connectivity index (χ4v) is 1.12. The van der Waals surface area contributed by atoms with E-state index in [-0.39, 0.29) is 12.4 Å². The van der Waals surface area contributed by atoms with Crippen LogP contribution in [0.2, 0.25) is 0 Å². The Hall–Kier alpha value is -0.770. The monoisotopic (exact) mass is 216 g/mol. The number of rotatable bonds is 4. The molecule has 1 aromatic rings. The molecule has 14 heavy (non-hydrogen) atoms. The van der Waals surface area contributed by atoms with Gasteiger partial charge in [-0.1, -0.05) is 19.1 Å². The van der Waals surface area contributed by atoms with Gasteiger partial charge in [0.1, 0.15) is 0 Å². The molecule has 0 aliphatic carbocycles. The zero-order chi connectivity index (χ0) is 9.68. The van der Waals surface area contributed by atoms with Gasteiger partial charge >= 0.3 is 0 Å². The van der Waals surface area contributed by atoms with Gasteiger partial charge in [-0.2, -0.15) is 0 Å². The molecule has 1 atom stereocenters. The second-order valence-corrected chi connectivity index (χ2v) is 2.99. The predicted octanol–water partition coefficient (Wildman–Crippen LogP) is 1.33. The first kappa shape index (κ1) is 13.2. The smallest absolute Gasteiger partial charge is 0.0914 e. The molecule has 80 valence electrons. The molecular formula is C10H17ClN2O. The normalized spacial score (nSPS) is 11.9. The van der Waals surface area contributed by atoms with Crippen molar-refractivity contribution in [2.24, 2.45) is 0 Å². The van der Waals surface area contributed by atoms with Crippen LogP contribution >= 0.6 is 12.4 Å². The number of hydrogen-bond donors (Lipinski definition) is 3. The fraction of sp³-hybridized carbons (Fsp3) is 0.400. The third-order valence-corrected chi connectivity index (χ3v) is 1.91. The Morgan fingerprint density at radius 2 is 1.93 bits per heavy atom. The van der Waals surface area contributed by atoms with Gasteiger partial charge in [-0.3, -0.25) is 0 Å². The van der Waals surface area contributed by atoms with Crippen LogP contribution in [0.1, 0.15) is 18.6 Å². The molecule has 0 heterocycles. The van der Waals surface area contributed by atoms with Crippen LogP contribution in [0.4, 0.5) is 5.69 Å². The maximum absolute atomic E-state index is 9.64. The molecule has 3 nitrogen and oxygen atoms in total. The topological polar surface area (TPSA) is 58.3 Å². The largest absolute Gasteiger partial charge is 0.399 e. The summed E-state index contributed by atoms with van der Waals surface area (Å²) < 4.78 is 0. The number of hydrogen-bond acceptors (Lipinski definition) is 3. The van der Waals surface area contributed by atoms with Gasteiger partial charge in [-0.05, 0) is 24.2 Å². The minimum Gasteiger partial charge on any atom is -0.399 e. The third-order valence-electron chi connectivity index (χ3n) is 1.91. The van der Waals surface area contributed by atoms with E-state index < -0.39 is 6.10 Å². The highest BCUT2D eigenvalue weighted by Gasteiger charge is 2.04. The highest BCUT2D eigenvalue weighted by atomic mass is 35.5. The van der Waals surface area contributed by atoms with E-state index in [4.69, 9.17) is 5.73 Å². The number of nitrogen functional groups attached to an aromatic ring is 1. The number of likely N-dealkylation sites (N-methyl/N-ethyl adjacent to an activating group) is 1. The van der Waals surface area contributed by atoms with Crippen molar-refractivity contribution in [1.82, 2.24) is 5.32 Å². The first-order valence-corrected chi connectivity index (χ1v) is 4.48. The van der Waals surface area contributed by atoms with Gasteiger partial charge in [0.2, 0.25) is 0 Å². The summed E-state index contributed by atoms with van der Waals surface area (Å²) in [6.45, 7) is 3.46. The van der Waals surface area contributed by atoms with E-state index >= 15 is 0 Å². The quantitative estimate of drug-likeness (QED) is 0.666. The molecule has 0 amide bonds. The number of nitrogens with two attached hydrogens (primary N) is 1. The summed E-state index contributed by atoms with van der Waals surface area (Å²) in [6, 6.07) is 7.28. The summed E-state index contributed by atoms with van der Waals surface area (Å²) in [5, 5.41) is 12.7. The maximum Gasteiger partial charge on any atom is 0.0914 e. The van der Waals surface area contributed by atoms with Crippen molar-refractivity contribution in [2.75, 3.05) is 18.8 Å². The van der Waals surface area contributed by atoms with Crippen LogP contribution in [0.25, 0.3) is 0 Å². The molecule has 4 N–H and O–H groups in total. The lowest BCUT2D eigenvalue weighted by Gasteiger charge is -2.11. The van der Waals surface area contributed by atoms with E-state index in [0.29, 0.717) is 6.54 Å². The second-order valence-electron chi connectivity index (χ2n) is 2.99. The van der Waals surface area contributed by atoms with Crippen LogP contribution in [0.15, 0.2) is 24.3 Å². The molecule has 0 saturated heterocycles. The Kier molecular flexibility index (Phi) is 6.28. The van der Waals surface area contributed by atoms with Gasteiger partial charge in [-0.25, -0.2) is 0 Å². The first-order valence-electron chi connectivity index (χ1n) is 4.48. The van der Waals surface area contributed by atoms with Crippen molar-refractivity contribution < 1.29 is 5.11 Å². The van der Waals surface area contributed by atoms with Crippen LogP contribution < -0.4 is 11.1 Å². The molecule has 0 aliphatic heterocycles. The van der Waals surface area contributed by atoms with Gasteiger partial charge in [0.25, 0.3) is 0 Å². The minimum absolute atomic E-state index is 0. The Balaban J connectivity index is 0.00000169. The third kappa shape index (κ3) is 3.96. The lowest BCUT2D eigenvalue weighted by atomic mass is 10.1. The summed E-state index contributed by atoms with van der Waals surface area (Å²) in [5.74, 6) is 0. The Bertz CT molecular complexity index is 251. The minimum atomic E-state index is -0.444. The molecule has 0 bridgehead atoms. The molecule has 0 aliphatic rings. The summed E-state index contributed by atoms with van der Waals surface area (Å²) in [6.07, 6.45) is -0.444. The van der Waals surface area contributed by atoms with Gasteiger partial charge in [0.05, 0.1) is 6.10 Å². The average Bonchev–Trinajstić information content (AvgIpc) is 2.15. The zero-order valence-electron chi connectivity index (χ0n) is 8.23. The van der Waals surface area contributed by atoms with Crippen molar-refractivity contribution in [1.29, 1.82) is 0 Å². The van der Waals surface area contributed by atoms with Crippen molar-refractivity contribution >= 4 is 18.1 Å². The molecule has 0 radical (unpaired) electrons. The molecule has 1 aromatic carbocycles. The fourth-order valence-electron chi connectivity index (χ4n) is 1.12. The summed E-state index contributed by atoms with van der Waals surface area (Å²) in [4.78, 5) is 0. The SMILES string of the molecule is CCNCC(O)c1ccc(N)cc1.Cl. The Morgan fingerprint density at radius 1 is 1.36 bits per heavy atom. The Morgan fingerprint density at radius 3 is 2.43 bits per heavy atom. The van der Waals surface area contributed by atoms with E-state index in [9.17, 15) is 5.11 Å². The van der Waals surface area contributed by atoms with Crippen molar-refractivity contribution in [3.05, 3.63) is 29.8 Å². The number of nitrogens with one attached hydrogen (secondary N) is 1. The number of halogens is 1. The summed E-state index contributed by atoms with van der Waals surface area (Å²) in [5.41, 5.74) is 7.15. The molecule has 0 aromatic heterocycles. The molecule has 4 heteroatoms. The van der Waals surface area contributed by atoms with Crippen LogP contribution in [0, 0.1) is 0 Å². The van der Waals surface area contributed by atoms with Gasteiger partial charge < -0.3 is 16.2 Å². The van der Waals surface area contributed by atoms with Gasteiger partial charge in [0, 0.05) is 12.2 Å². The van der Waals surface area contributed by atoms with E-state index in [1.54, 1.807) is 12.1 Å². The molecule has 0 saturated carbocycles. The van der Waals surface area contributed by atoms with Crippen LogP contribution in [0.3, 0.4) is 0 Å². The van der Waals surface area contributed by atoms with E-state index in [0.717, 1.165) is 17.8 Å². The van der Waals surface area contributed by atoms with Crippen LogP contribution in [-0.4, -0.2) is 18.2 Å². The summed E-state index contributed by atoms with van der Waals surface area (Å²) in [7, 11) is 0. The lowest BCUT2D eigenvalue weighted by Crippen LogP contribution is -2.20. The zero-order valence-corrected chi connectivity index (χ0v) is 9.05. The summed E-state index contributed by atoms with van der Waals surface area (Å²) >= 11 is 0. The molecule has 1 rings (SSSR count). The standard InChI is InChI=1S/C10H16N2O.ClH/c1-2-12-7-10(13)8-3-5-9(11)6-4-8;/h3-6,10,12-13H,2,7,11H2,1H3;1H. The van der Waals surface area contributed by atoms with Crippen LogP contribution in [0.5, 0.6) is 0 Å². The average molecular weight is 217 g/mol. The highest BCUT2D eigenvalue weighted by molar-refractivity contribution is 5.85. The van der Waals surface area contributed by atoms with Crippen molar-refractivity contribution in [2.45, 2.75) is 13.0 Å². The van der Waals surface area contributed by atoms with Crippen LogP contribution in [-0.2, 0) is 0 Å². The van der Waals surface area contributed by atoms with E-state index in [1.165, 1.54) is 0 Å². The van der Waals surface area contributed by atoms with E-state index in [2.05, 4.69) is 5.32 Å². The van der Waals surface area contributed by atoms with Crippen molar-refractivity contribution in [3.8, 4) is 0 Å². The van der Waals surface area contributed by atoms with E-state index in [1.807, 2.05) is 19.1 Å². The first-order chi connectivity index (χ1) is 6.24. The highest BCUT2D eigenvalue weighted by Crippen LogP contribution is 2.13. The molecular weight excluding hydrogens is 200 g/mol. The molecule has 0 spiro atoms. The Labute approximate surface area is 90.7 Å². The van der Waals surface area contributed by atoms with Gasteiger partial charge in [-0.15, -0.1) is 12.4 Å². The van der Waals surface area contributed by atoms with Gasteiger partial charge in [0.15, 0.2) is 0 Å². The molecule has 0 fully saturated rings. The predicted molar refractivity (Wildman–Crippen MR) is 61.6 cm³/mol. The number of anilines is 1. The number of benzene rings is 1. The number of aliphatic hydroxyl groups excluding tert-OH is 1. The van der Waals surface area contributed by atoms with Crippen molar-refractivity contribution in [3.63, 3.8) is 0 Å². The maximum atomic E-state index is 9.64.